The second-order valence-electron chi connectivity index (χ2n) is 4.13. The standard InChI is InChI=1S/C11H16F3NO4/c1-2-18-9(16)8-5-3-4-6-15(8)10(17)19-7-11(12,13)14/h8H,2-7H2,1H3. The number of carbonyl (C=O) groups is 2. The van der Waals surface area contributed by atoms with E-state index in [1.54, 1.807) is 6.92 Å². The Morgan fingerprint density at radius 3 is 2.53 bits per heavy atom. The summed E-state index contributed by atoms with van der Waals surface area (Å²) in [7, 11) is 0. The third-order valence-electron chi connectivity index (χ3n) is 2.66. The fourth-order valence-corrected chi connectivity index (χ4v) is 1.86. The summed E-state index contributed by atoms with van der Waals surface area (Å²) < 4.78 is 44.9. The average molecular weight is 283 g/mol. The van der Waals surface area contributed by atoms with Gasteiger partial charge in [-0.15, -0.1) is 0 Å². The van der Waals surface area contributed by atoms with Crippen LogP contribution in [-0.2, 0) is 14.3 Å². The maximum absolute atomic E-state index is 12.0. The Morgan fingerprint density at radius 2 is 1.95 bits per heavy atom. The highest BCUT2D eigenvalue weighted by molar-refractivity contribution is 5.81. The molecule has 1 saturated heterocycles. The van der Waals surface area contributed by atoms with Gasteiger partial charge < -0.3 is 9.47 Å². The molecule has 19 heavy (non-hydrogen) atoms. The van der Waals surface area contributed by atoms with Gasteiger partial charge in [0.1, 0.15) is 6.04 Å². The van der Waals surface area contributed by atoms with Crippen molar-refractivity contribution in [1.82, 2.24) is 4.90 Å². The topological polar surface area (TPSA) is 55.8 Å². The summed E-state index contributed by atoms with van der Waals surface area (Å²) in [5.74, 6) is -0.605. The van der Waals surface area contributed by atoms with E-state index in [0.717, 1.165) is 4.90 Å². The molecular formula is C11H16F3NO4. The highest BCUT2D eigenvalue weighted by Gasteiger charge is 2.36. The van der Waals surface area contributed by atoms with Crippen LogP contribution in [0.3, 0.4) is 0 Å². The Hall–Kier alpha value is -1.47. The van der Waals surface area contributed by atoms with E-state index in [1.807, 2.05) is 0 Å². The van der Waals surface area contributed by atoms with Gasteiger partial charge in [0.25, 0.3) is 0 Å². The normalized spacial score (nSPS) is 20.0. The van der Waals surface area contributed by atoms with Crippen molar-refractivity contribution in [2.75, 3.05) is 19.8 Å². The third kappa shape index (κ3) is 4.96. The van der Waals surface area contributed by atoms with Gasteiger partial charge in [-0.3, -0.25) is 4.90 Å². The fourth-order valence-electron chi connectivity index (χ4n) is 1.86. The molecule has 1 heterocycles. The van der Waals surface area contributed by atoms with Gasteiger partial charge in [-0.05, 0) is 26.2 Å². The first-order valence-electron chi connectivity index (χ1n) is 6.02. The Kier molecular flexibility index (Phi) is 5.44. The molecule has 8 heteroatoms. The summed E-state index contributed by atoms with van der Waals surface area (Å²) in [5.41, 5.74) is 0. The van der Waals surface area contributed by atoms with Gasteiger partial charge in [-0.1, -0.05) is 0 Å². The van der Waals surface area contributed by atoms with Crippen LogP contribution in [0.4, 0.5) is 18.0 Å². The number of carbonyl (C=O) groups excluding carboxylic acids is 2. The monoisotopic (exact) mass is 283 g/mol. The zero-order chi connectivity index (χ0) is 14.5. The van der Waals surface area contributed by atoms with Crippen molar-refractivity contribution in [2.24, 2.45) is 0 Å². The second kappa shape index (κ2) is 6.63. The minimum absolute atomic E-state index is 0.154. The predicted molar refractivity (Wildman–Crippen MR) is 58.4 cm³/mol. The lowest BCUT2D eigenvalue weighted by molar-refractivity contribution is -0.164. The molecule has 0 spiro atoms. The number of ether oxygens (including phenoxy) is 2. The third-order valence-corrected chi connectivity index (χ3v) is 2.66. The van der Waals surface area contributed by atoms with Gasteiger partial charge in [-0.25, -0.2) is 9.59 Å². The second-order valence-corrected chi connectivity index (χ2v) is 4.13. The molecule has 5 nitrogen and oxygen atoms in total. The van der Waals surface area contributed by atoms with Gasteiger partial charge in [0.15, 0.2) is 6.61 Å². The summed E-state index contributed by atoms with van der Waals surface area (Å²) in [6.07, 6.45) is -4.00. The van der Waals surface area contributed by atoms with E-state index in [1.165, 1.54) is 0 Å². The minimum atomic E-state index is -4.58. The summed E-state index contributed by atoms with van der Waals surface area (Å²) in [4.78, 5) is 24.2. The Labute approximate surface area is 108 Å². The summed E-state index contributed by atoms with van der Waals surface area (Å²) in [6, 6.07) is -0.852. The Morgan fingerprint density at radius 1 is 1.26 bits per heavy atom. The summed E-state index contributed by atoms with van der Waals surface area (Å²) in [5, 5.41) is 0. The van der Waals surface area contributed by atoms with E-state index in [2.05, 4.69) is 4.74 Å². The average Bonchev–Trinajstić information content (AvgIpc) is 2.35. The van der Waals surface area contributed by atoms with Gasteiger partial charge in [0.05, 0.1) is 6.61 Å². The quantitative estimate of drug-likeness (QED) is 0.744. The number of hydrogen-bond donors (Lipinski definition) is 0. The molecule has 1 amide bonds. The number of alkyl halides is 3. The lowest BCUT2D eigenvalue weighted by atomic mass is 10.0. The number of rotatable bonds is 3. The van der Waals surface area contributed by atoms with Crippen molar-refractivity contribution in [3.8, 4) is 0 Å². The van der Waals surface area contributed by atoms with Gasteiger partial charge >= 0.3 is 18.2 Å². The van der Waals surface area contributed by atoms with E-state index in [4.69, 9.17) is 4.74 Å². The maximum atomic E-state index is 12.0. The number of esters is 1. The Balaban J connectivity index is 2.61. The lowest BCUT2D eigenvalue weighted by Crippen LogP contribution is -2.49. The molecule has 0 aromatic heterocycles. The van der Waals surface area contributed by atoms with Crippen molar-refractivity contribution in [3.05, 3.63) is 0 Å². The minimum Gasteiger partial charge on any atom is -0.464 e. The molecule has 0 aliphatic carbocycles. The molecule has 1 aliphatic heterocycles. The van der Waals surface area contributed by atoms with Crippen LogP contribution in [0.15, 0.2) is 0 Å². The molecule has 0 aromatic carbocycles. The number of piperidine rings is 1. The molecule has 1 rings (SSSR count). The number of halogens is 3. The summed E-state index contributed by atoms with van der Waals surface area (Å²) in [6.45, 7) is 0.311. The van der Waals surface area contributed by atoms with E-state index in [9.17, 15) is 22.8 Å². The van der Waals surface area contributed by atoms with Gasteiger partial charge in [0, 0.05) is 6.54 Å². The Bertz CT molecular complexity index is 332. The van der Waals surface area contributed by atoms with Gasteiger partial charge in [0.2, 0.25) is 0 Å². The number of amides is 1. The van der Waals surface area contributed by atoms with Crippen molar-refractivity contribution >= 4 is 12.1 Å². The van der Waals surface area contributed by atoms with Crippen LogP contribution < -0.4 is 0 Å². The lowest BCUT2D eigenvalue weighted by Gasteiger charge is -2.33. The van der Waals surface area contributed by atoms with E-state index < -0.39 is 30.9 Å². The zero-order valence-electron chi connectivity index (χ0n) is 10.5. The van der Waals surface area contributed by atoms with Crippen molar-refractivity contribution < 1.29 is 32.2 Å². The maximum Gasteiger partial charge on any atom is 0.422 e. The first-order valence-corrected chi connectivity index (χ1v) is 6.02. The van der Waals surface area contributed by atoms with E-state index >= 15 is 0 Å². The van der Waals surface area contributed by atoms with Crippen LogP contribution in [0, 0.1) is 0 Å². The van der Waals surface area contributed by atoms with Crippen LogP contribution in [-0.4, -0.2) is 48.9 Å². The predicted octanol–water partition coefficient (Wildman–Crippen LogP) is 2.10. The number of hydrogen-bond acceptors (Lipinski definition) is 4. The van der Waals surface area contributed by atoms with Crippen molar-refractivity contribution in [3.63, 3.8) is 0 Å². The smallest absolute Gasteiger partial charge is 0.422 e. The molecule has 0 bridgehead atoms. The molecular weight excluding hydrogens is 267 g/mol. The van der Waals surface area contributed by atoms with E-state index in [0.29, 0.717) is 19.3 Å². The summed E-state index contributed by atoms with van der Waals surface area (Å²) >= 11 is 0. The molecule has 110 valence electrons. The number of likely N-dealkylation sites (tertiary alicyclic amines) is 1. The first kappa shape index (κ1) is 15.6. The van der Waals surface area contributed by atoms with Crippen LogP contribution in [0.2, 0.25) is 0 Å². The van der Waals surface area contributed by atoms with Crippen molar-refractivity contribution in [2.45, 2.75) is 38.4 Å². The molecule has 1 aliphatic rings. The first-order chi connectivity index (χ1) is 8.85. The van der Waals surface area contributed by atoms with Crippen LogP contribution in [0.1, 0.15) is 26.2 Å². The van der Waals surface area contributed by atoms with Gasteiger partial charge in [-0.2, -0.15) is 13.2 Å². The van der Waals surface area contributed by atoms with Crippen molar-refractivity contribution in [1.29, 1.82) is 0 Å². The molecule has 1 fully saturated rings. The molecule has 0 saturated carbocycles. The van der Waals surface area contributed by atoms with Crippen LogP contribution >= 0.6 is 0 Å². The van der Waals surface area contributed by atoms with Crippen LogP contribution in [0.5, 0.6) is 0 Å². The largest absolute Gasteiger partial charge is 0.464 e. The number of nitrogens with zero attached hydrogens (tertiary/aromatic N) is 1. The van der Waals surface area contributed by atoms with Crippen LogP contribution in [0.25, 0.3) is 0 Å². The highest BCUT2D eigenvalue weighted by Crippen LogP contribution is 2.21. The van der Waals surface area contributed by atoms with E-state index in [-0.39, 0.29) is 13.2 Å². The highest BCUT2D eigenvalue weighted by atomic mass is 19.4. The molecule has 0 N–H and O–H groups in total. The molecule has 0 radical (unpaired) electrons. The molecule has 1 atom stereocenters. The zero-order valence-corrected chi connectivity index (χ0v) is 10.5. The molecule has 1 unspecified atom stereocenters. The SMILES string of the molecule is CCOC(=O)C1CCCCN1C(=O)OCC(F)(F)F. The molecule has 0 aromatic rings. The fraction of sp³-hybridized carbons (Fsp3) is 0.818.